The Kier molecular flexibility index (Phi) is 6.01. The van der Waals surface area contributed by atoms with Gasteiger partial charge in [0.05, 0.1) is 0 Å². The zero-order valence-corrected chi connectivity index (χ0v) is 16.2. The zero-order chi connectivity index (χ0) is 19.2. The average molecular weight is 380 g/mol. The van der Waals surface area contributed by atoms with E-state index in [4.69, 9.17) is 0 Å². The van der Waals surface area contributed by atoms with Gasteiger partial charge in [-0.3, -0.25) is 4.90 Å². The summed E-state index contributed by atoms with van der Waals surface area (Å²) in [5.41, 5.74) is 1.35. The van der Waals surface area contributed by atoms with E-state index in [1.807, 2.05) is 11.0 Å². The summed E-state index contributed by atoms with van der Waals surface area (Å²) in [5, 5.41) is 3.24. The monoisotopic (exact) mass is 380 g/mol. The molecular formula is C21H28N6O. The van der Waals surface area contributed by atoms with Crippen LogP contribution in [-0.2, 0) is 6.54 Å². The first kappa shape index (κ1) is 18.7. The van der Waals surface area contributed by atoms with E-state index in [1.54, 1.807) is 12.4 Å². The maximum Gasteiger partial charge on any atom is 0.317 e. The van der Waals surface area contributed by atoms with Crippen LogP contribution in [0.2, 0.25) is 0 Å². The van der Waals surface area contributed by atoms with Gasteiger partial charge in [-0.05, 0) is 24.5 Å². The van der Waals surface area contributed by atoms with Crippen LogP contribution in [0.15, 0.2) is 48.8 Å². The summed E-state index contributed by atoms with van der Waals surface area (Å²) in [6.45, 7) is 6.00. The molecule has 2 saturated heterocycles. The van der Waals surface area contributed by atoms with Gasteiger partial charge in [-0.2, -0.15) is 0 Å². The molecule has 0 unspecified atom stereocenters. The number of nitrogens with zero attached hydrogens (tertiary/aromatic N) is 5. The minimum atomic E-state index is 0.0649. The first-order valence-corrected chi connectivity index (χ1v) is 10.1. The van der Waals surface area contributed by atoms with E-state index in [9.17, 15) is 4.79 Å². The van der Waals surface area contributed by atoms with Crippen LogP contribution in [0.4, 0.5) is 10.7 Å². The molecule has 1 aromatic heterocycles. The molecule has 0 bridgehead atoms. The number of nitrogens with one attached hydrogen (secondary N) is 1. The smallest absolute Gasteiger partial charge is 0.317 e. The predicted octanol–water partition coefficient (Wildman–Crippen LogP) is 1.97. The number of benzene rings is 1. The van der Waals surface area contributed by atoms with Crippen LogP contribution in [0, 0.1) is 0 Å². The molecule has 7 nitrogen and oxygen atoms in total. The number of piperazine rings is 1. The van der Waals surface area contributed by atoms with Crippen molar-refractivity contribution in [3.8, 4) is 0 Å². The Hall–Kier alpha value is -2.67. The lowest BCUT2D eigenvalue weighted by atomic mass is 10.0. The molecule has 0 saturated carbocycles. The standard InChI is InChI=1S/C21H28N6O/c28-21(27-15-13-26(14-16-27)20-22-9-4-10-23-20)24-19-7-11-25(12-8-19)17-18-5-2-1-3-6-18/h1-6,9-10,19H,7-8,11-17H2,(H,24,28). The molecule has 2 aliphatic heterocycles. The lowest BCUT2D eigenvalue weighted by molar-refractivity contribution is 0.167. The van der Waals surface area contributed by atoms with Gasteiger partial charge in [-0.15, -0.1) is 0 Å². The third-order valence-electron chi connectivity index (χ3n) is 5.57. The van der Waals surface area contributed by atoms with Gasteiger partial charge in [0.2, 0.25) is 5.95 Å². The van der Waals surface area contributed by atoms with Crippen molar-refractivity contribution in [1.82, 2.24) is 25.1 Å². The van der Waals surface area contributed by atoms with Crippen LogP contribution in [0.25, 0.3) is 0 Å². The Morgan fingerprint density at radius 1 is 0.929 bits per heavy atom. The van der Waals surface area contributed by atoms with E-state index >= 15 is 0 Å². The van der Waals surface area contributed by atoms with Crippen molar-refractivity contribution in [3.63, 3.8) is 0 Å². The average Bonchev–Trinajstić information content (AvgIpc) is 2.76. The maximum atomic E-state index is 12.6. The third-order valence-corrected chi connectivity index (χ3v) is 5.57. The molecular weight excluding hydrogens is 352 g/mol. The third kappa shape index (κ3) is 4.78. The van der Waals surface area contributed by atoms with Crippen LogP contribution in [0.1, 0.15) is 18.4 Å². The lowest BCUT2D eigenvalue weighted by Crippen LogP contribution is -2.55. The predicted molar refractivity (Wildman–Crippen MR) is 109 cm³/mol. The fourth-order valence-corrected chi connectivity index (χ4v) is 3.91. The molecule has 1 N–H and O–H groups in total. The van der Waals surface area contributed by atoms with E-state index < -0.39 is 0 Å². The Morgan fingerprint density at radius 3 is 2.29 bits per heavy atom. The largest absolute Gasteiger partial charge is 0.337 e. The van der Waals surface area contributed by atoms with Gasteiger partial charge in [-0.1, -0.05) is 30.3 Å². The van der Waals surface area contributed by atoms with Crippen LogP contribution in [-0.4, -0.2) is 71.1 Å². The van der Waals surface area contributed by atoms with Crippen LogP contribution in [0.3, 0.4) is 0 Å². The molecule has 0 atom stereocenters. The van der Waals surface area contributed by atoms with Gasteiger partial charge in [-0.25, -0.2) is 14.8 Å². The number of amides is 2. The van der Waals surface area contributed by atoms with Crippen molar-refractivity contribution in [2.24, 2.45) is 0 Å². The van der Waals surface area contributed by atoms with E-state index in [-0.39, 0.29) is 12.1 Å². The second kappa shape index (κ2) is 9.01. The van der Waals surface area contributed by atoms with Crippen molar-refractivity contribution in [1.29, 1.82) is 0 Å². The number of piperidine rings is 1. The highest BCUT2D eigenvalue weighted by Gasteiger charge is 2.26. The minimum absolute atomic E-state index is 0.0649. The van der Waals surface area contributed by atoms with Crippen LogP contribution >= 0.6 is 0 Å². The molecule has 1 aromatic carbocycles. The summed E-state index contributed by atoms with van der Waals surface area (Å²) in [4.78, 5) is 27.7. The number of rotatable bonds is 4. The molecule has 148 valence electrons. The van der Waals surface area contributed by atoms with Gasteiger partial charge in [0.1, 0.15) is 0 Å². The van der Waals surface area contributed by atoms with E-state index in [1.165, 1.54) is 5.56 Å². The van der Waals surface area contributed by atoms with Crippen molar-refractivity contribution < 1.29 is 4.79 Å². The number of carbonyl (C=O) groups is 1. The maximum absolute atomic E-state index is 12.6. The Labute approximate surface area is 166 Å². The molecule has 7 heteroatoms. The highest BCUT2D eigenvalue weighted by Crippen LogP contribution is 2.15. The number of urea groups is 1. The SMILES string of the molecule is O=C(NC1CCN(Cc2ccccc2)CC1)N1CCN(c2ncccn2)CC1. The molecule has 0 spiro atoms. The normalized spacial score (nSPS) is 18.9. The van der Waals surface area contributed by atoms with E-state index in [0.717, 1.165) is 51.5 Å². The number of hydrogen-bond donors (Lipinski definition) is 1. The fourth-order valence-electron chi connectivity index (χ4n) is 3.91. The highest BCUT2D eigenvalue weighted by atomic mass is 16.2. The first-order valence-electron chi connectivity index (χ1n) is 10.1. The Balaban J connectivity index is 1.19. The molecule has 2 aromatic rings. The molecule has 4 rings (SSSR count). The summed E-state index contributed by atoms with van der Waals surface area (Å²) < 4.78 is 0. The number of carbonyl (C=O) groups excluding carboxylic acids is 1. The molecule has 0 radical (unpaired) electrons. The Bertz CT molecular complexity index is 740. The molecule has 2 amide bonds. The molecule has 3 heterocycles. The summed E-state index contributed by atoms with van der Waals surface area (Å²) >= 11 is 0. The van der Waals surface area contributed by atoms with Gasteiger partial charge < -0.3 is 15.1 Å². The molecule has 2 fully saturated rings. The first-order chi connectivity index (χ1) is 13.8. The van der Waals surface area contributed by atoms with Crippen molar-refractivity contribution >= 4 is 12.0 Å². The van der Waals surface area contributed by atoms with Gasteiger partial charge in [0.15, 0.2) is 0 Å². The molecule has 28 heavy (non-hydrogen) atoms. The minimum Gasteiger partial charge on any atom is -0.337 e. The summed E-state index contributed by atoms with van der Waals surface area (Å²) in [5.74, 6) is 0.744. The molecule has 2 aliphatic rings. The summed E-state index contributed by atoms with van der Waals surface area (Å²) in [6.07, 6.45) is 5.53. The quantitative estimate of drug-likeness (QED) is 0.879. The lowest BCUT2D eigenvalue weighted by Gasteiger charge is -2.37. The number of likely N-dealkylation sites (tertiary alicyclic amines) is 1. The zero-order valence-electron chi connectivity index (χ0n) is 16.2. The molecule has 0 aliphatic carbocycles. The van der Waals surface area contributed by atoms with Crippen LogP contribution in [0.5, 0.6) is 0 Å². The number of aromatic nitrogens is 2. The second-order valence-electron chi connectivity index (χ2n) is 7.51. The van der Waals surface area contributed by atoms with Crippen LogP contribution < -0.4 is 10.2 Å². The second-order valence-corrected chi connectivity index (χ2v) is 7.51. The summed E-state index contributed by atoms with van der Waals surface area (Å²) in [6, 6.07) is 12.7. The van der Waals surface area contributed by atoms with Crippen molar-refractivity contribution in [2.75, 3.05) is 44.2 Å². The highest BCUT2D eigenvalue weighted by molar-refractivity contribution is 5.74. The van der Waals surface area contributed by atoms with Crippen molar-refractivity contribution in [3.05, 3.63) is 54.4 Å². The topological polar surface area (TPSA) is 64.6 Å². The van der Waals surface area contributed by atoms with E-state index in [2.05, 4.69) is 55.4 Å². The van der Waals surface area contributed by atoms with Gasteiger partial charge >= 0.3 is 6.03 Å². The number of hydrogen-bond acceptors (Lipinski definition) is 5. The number of anilines is 1. The fraction of sp³-hybridized carbons (Fsp3) is 0.476. The van der Waals surface area contributed by atoms with Crippen molar-refractivity contribution in [2.45, 2.75) is 25.4 Å². The summed E-state index contributed by atoms with van der Waals surface area (Å²) in [7, 11) is 0. The van der Waals surface area contributed by atoms with Gasteiger partial charge in [0.25, 0.3) is 0 Å². The van der Waals surface area contributed by atoms with E-state index in [0.29, 0.717) is 13.1 Å². The van der Waals surface area contributed by atoms with Gasteiger partial charge in [0, 0.05) is 64.2 Å². The Morgan fingerprint density at radius 2 is 1.61 bits per heavy atom.